The molecule has 3 nitrogen and oxygen atoms in total. The molecule has 0 spiro atoms. The Labute approximate surface area is 121 Å². The second kappa shape index (κ2) is 7.60. The largest absolute Gasteiger partial charge is 0.383 e. The van der Waals surface area contributed by atoms with Crippen LogP contribution in [0, 0.1) is 11.7 Å². The van der Waals surface area contributed by atoms with Crippen molar-refractivity contribution in [2.45, 2.75) is 13.8 Å². The summed E-state index contributed by atoms with van der Waals surface area (Å²) in [4.78, 5) is 14.0. The average Bonchev–Trinajstić information content (AvgIpc) is 2.36. The van der Waals surface area contributed by atoms with Gasteiger partial charge in [0.1, 0.15) is 5.82 Å². The quantitative estimate of drug-likeness (QED) is 0.800. The first-order valence-corrected chi connectivity index (χ1v) is 6.98. The molecule has 1 aromatic rings. The number of amides is 1. The van der Waals surface area contributed by atoms with Crippen LogP contribution in [-0.4, -0.2) is 37.6 Å². The van der Waals surface area contributed by atoms with E-state index >= 15 is 0 Å². The summed E-state index contributed by atoms with van der Waals surface area (Å²) in [6, 6.07) is 4.38. The van der Waals surface area contributed by atoms with Crippen LogP contribution in [0.15, 0.2) is 22.7 Å². The Morgan fingerprint density at radius 3 is 2.74 bits per heavy atom. The molecule has 0 saturated heterocycles. The highest BCUT2D eigenvalue weighted by molar-refractivity contribution is 9.10. The number of ether oxygens (including phenoxy) is 1. The minimum absolute atomic E-state index is 0.0890. The molecule has 0 aliphatic rings. The molecule has 1 amide bonds. The Morgan fingerprint density at radius 2 is 2.16 bits per heavy atom. The van der Waals surface area contributed by atoms with Gasteiger partial charge in [0.05, 0.1) is 12.2 Å². The van der Waals surface area contributed by atoms with Crippen molar-refractivity contribution >= 4 is 21.8 Å². The molecular formula is C14H19BrFNO2. The molecular weight excluding hydrogens is 313 g/mol. The predicted octanol–water partition coefficient (Wildman–Crippen LogP) is 3.33. The summed E-state index contributed by atoms with van der Waals surface area (Å²) in [6.45, 7) is 5.51. The van der Waals surface area contributed by atoms with Crippen molar-refractivity contribution in [1.82, 2.24) is 4.90 Å². The molecule has 0 N–H and O–H groups in total. The van der Waals surface area contributed by atoms with Crippen molar-refractivity contribution in [2.75, 3.05) is 26.8 Å². The first kappa shape index (κ1) is 16.1. The lowest BCUT2D eigenvalue weighted by atomic mass is 10.1. The van der Waals surface area contributed by atoms with Crippen molar-refractivity contribution in [1.29, 1.82) is 0 Å². The summed E-state index contributed by atoms with van der Waals surface area (Å²) < 4.78 is 19.4. The van der Waals surface area contributed by atoms with Crippen LogP contribution in [-0.2, 0) is 4.74 Å². The zero-order chi connectivity index (χ0) is 14.4. The number of halogens is 2. The fraction of sp³-hybridized carbons (Fsp3) is 0.500. The van der Waals surface area contributed by atoms with Crippen molar-refractivity contribution in [3.05, 3.63) is 34.1 Å². The first-order chi connectivity index (χ1) is 8.95. The van der Waals surface area contributed by atoms with Crippen LogP contribution in [0.25, 0.3) is 0 Å². The van der Waals surface area contributed by atoms with Gasteiger partial charge in [-0.25, -0.2) is 4.39 Å². The third kappa shape index (κ3) is 4.91. The second-order valence-electron chi connectivity index (χ2n) is 4.76. The maximum absolute atomic E-state index is 13.7. The molecule has 0 radical (unpaired) electrons. The van der Waals surface area contributed by atoms with Crippen LogP contribution in [0.4, 0.5) is 4.39 Å². The molecule has 0 aliphatic heterocycles. The lowest BCUT2D eigenvalue weighted by Gasteiger charge is -2.24. The third-order valence-corrected chi connectivity index (χ3v) is 3.09. The zero-order valence-corrected chi connectivity index (χ0v) is 13.0. The van der Waals surface area contributed by atoms with E-state index in [-0.39, 0.29) is 11.5 Å². The molecule has 0 aromatic heterocycles. The Morgan fingerprint density at radius 1 is 1.47 bits per heavy atom. The monoisotopic (exact) mass is 331 g/mol. The second-order valence-corrected chi connectivity index (χ2v) is 5.68. The number of nitrogens with zero attached hydrogens (tertiary/aromatic N) is 1. The smallest absolute Gasteiger partial charge is 0.256 e. The van der Waals surface area contributed by atoms with E-state index < -0.39 is 5.82 Å². The summed E-state index contributed by atoms with van der Waals surface area (Å²) in [6.07, 6.45) is 0. The van der Waals surface area contributed by atoms with Crippen molar-refractivity contribution < 1.29 is 13.9 Å². The van der Waals surface area contributed by atoms with E-state index in [0.717, 1.165) is 0 Å². The third-order valence-electron chi connectivity index (χ3n) is 2.60. The van der Waals surface area contributed by atoms with Crippen molar-refractivity contribution in [3.63, 3.8) is 0 Å². The number of hydrogen-bond donors (Lipinski definition) is 0. The molecule has 0 aliphatic carbocycles. The van der Waals surface area contributed by atoms with E-state index in [1.165, 1.54) is 12.1 Å². The van der Waals surface area contributed by atoms with Crippen LogP contribution in [0.3, 0.4) is 0 Å². The van der Waals surface area contributed by atoms with Gasteiger partial charge in [-0.1, -0.05) is 29.8 Å². The standard InChI is InChI=1S/C14H19BrFNO2/c1-10(2)9-17(6-7-19-3)14(18)12-8-11(15)4-5-13(12)16/h4-5,8,10H,6-7,9H2,1-3H3. The lowest BCUT2D eigenvalue weighted by molar-refractivity contribution is 0.0667. The molecule has 0 saturated carbocycles. The number of methoxy groups -OCH3 is 1. The molecule has 0 atom stereocenters. The maximum Gasteiger partial charge on any atom is 0.256 e. The Hall–Kier alpha value is -0.940. The minimum Gasteiger partial charge on any atom is -0.383 e. The van der Waals surface area contributed by atoms with E-state index in [9.17, 15) is 9.18 Å². The number of carbonyl (C=O) groups is 1. The topological polar surface area (TPSA) is 29.5 Å². The molecule has 5 heteroatoms. The van der Waals surface area contributed by atoms with E-state index in [2.05, 4.69) is 15.9 Å². The number of carbonyl (C=O) groups excluding carboxylic acids is 1. The predicted molar refractivity (Wildman–Crippen MR) is 76.7 cm³/mol. The lowest BCUT2D eigenvalue weighted by Crippen LogP contribution is -2.37. The van der Waals surface area contributed by atoms with Crippen LogP contribution in [0.1, 0.15) is 24.2 Å². The maximum atomic E-state index is 13.7. The average molecular weight is 332 g/mol. The van der Waals surface area contributed by atoms with E-state index in [1.807, 2.05) is 13.8 Å². The normalized spacial score (nSPS) is 10.8. The van der Waals surface area contributed by atoms with Gasteiger partial charge in [-0.15, -0.1) is 0 Å². The van der Waals surface area contributed by atoms with Crippen LogP contribution in [0.2, 0.25) is 0 Å². The summed E-state index contributed by atoms with van der Waals surface area (Å²) in [5, 5.41) is 0. The number of hydrogen-bond acceptors (Lipinski definition) is 2. The molecule has 19 heavy (non-hydrogen) atoms. The number of rotatable bonds is 6. The van der Waals surface area contributed by atoms with Gasteiger partial charge in [-0.3, -0.25) is 4.79 Å². The van der Waals surface area contributed by atoms with Gasteiger partial charge in [-0.05, 0) is 24.1 Å². The fourth-order valence-electron chi connectivity index (χ4n) is 1.75. The summed E-state index contributed by atoms with van der Waals surface area (Å²) in [7, 11) is 1.58. The SMILES string of the molecule is COCCN(CC(C)C)C(=O)c1cc(Br)ccc1F. The van der Waals surface area contributed by atoms with Crippen LogP contribution >= 0.6 is 15.9 Å². The highest BCUT2D eigenvalue weighted by Gasteiger charge is 2.20. The molecule has 0 fully saturated rings. The van der Waals surface area contributed by atoms with E-state index in [0.29, 0.717) is 30.1 Å². The van der Waals surface area contributed by atoms with Crippen LogP contribution in [0.5, 0.6) is 0 Å². The molecule has 0 unspecified atom stereocenters. The Bertz CT molecular complexity index is 437. The molecule has 106 valence electrons. The van der Waals surface area contributed by atoms with E-state index in [4.69, 9.17) is 4.74 Å². The van der Waals surface area contributed by atoms with Gasteiger partial charge in [0.2, 0.25) is 0 Å². The van der Waals surface area contributed by atoms with Crippen molar-refractivity contribution in [2.24, 2.45) is 5.92 Å². The van der Waals surface area contributed by atoms with Crippen LogP contribution < -0.4 is 0 Å². The molecule has 0 heterocycles. The minimum atomic E-state index is -0.501. The fourth-order valence-corrected chi connectivity index (χ4v) is 2.11. The van der Waals surface area contributed by atoms with Crippen molar-refractivity contribution in [3.8, 4) is 0 Å². The molecule has 0 bridgehead atoms. The van der Waals surface area contributed by atoms with Gasteiger partial charge in [0.25, 0.3) is 5.91 Å². The summed E-state index contributed by atoms with van der Waals surface area (Å²) >= 11 is 3.26. The zero-order valence-electron chi connectivity index (χ0n) is 11.5. The first-order valence-electron chi connectivity index (χ1n) is 6.19. The highest BCUT2D eigenvalue weighted by atomic mass is 79.9. The Balaban J connectivity index is 2.93. The van der Waals surface area contributed by atoms with Gasteiger partial charge >= 0.3 is 0 Å². The Kier molecular flexibility index (Phi) is 6.45. The van der Waals surface area contributed by atoms with Gasteiger partial charge in [0.15, 0.2) is 0 Å². The van der Waals surface area contributed by atoms with E-state index in [1.54, 1.807) is 18.1 Å². The van der Waals surface area contributed by atoms with Gasteiger partial charge in [-0.2, -0.15) is 0 Å². The molecule has 1 aromatic carbocycles. The van der Waals surface area contributed by atoms with Gasteiger partial charge in [0, 0.05) is 24.7 Å². The molecule has 1 rings (SSSR count). The van der Waals surface area contributed by atoms with Gasteiger partial charge < -0.3 is 9.64 Å². The summed E-state index contributed by atoms with van der Waals surface area (Å²) in [5.41, 5.74) is 0.0890. The number of benzene rings is 1. The summed E-state index contributed by atoms with van der Waals surface area (Å²) in [5.74, 6) is -0.486. The highest BCUT2D eigenvalue weighted by Crippen LogP contribution is 2.18.